The molecule has 0 spiro atoms. The Hall–Kier alpha value is -3.19. The van der Waals surface area contributed by atoms with Crippen molar-refractivity contribution in [3.05, 3.63) is 98.9 Å². The Morgan fingerprint density at radius 2 is 1.71 bits per heavy atom. The highest BCUT2D eigenvalue weighted by Gasteiger charge is 2.12. The lowest BCUT2D eigenvalue weighted by molar-refractivity contribution is 0.102. The van der Waals surface area contributed by atoms with Crippen molar-refractivity contribution >= 4 is 27.7 Å². The van der Waals surface area contributed by atoms with Crippen LogP contribution >= 0.6 is 15.9 Å². The maximum Gasteiger partial charge on any atom is 0.256 e. The van der Waals surface area contributed by atoms with Crippen LogP contribution in [-0.4, -0.2) is 25.5 Å². The van der Waals surface area contributed by atoms with E-state index < -0.39 is 0 Å². The van der Waals surface area contributed by atoms with Crippen LogP contribution in [0.1, 0.15) is 38.4 Å². The zero-order valence-electron chi connectivity index (χ0n) is 17.8. The van der Waals surface area contributed by atoms with Crippen molar-refractivity contribution in [2.24, 2.45) is 0 Å². The minimum atomic E-state index is -0.183. The minimum Gasteiger partial charge on any atom is -0.305 e. The predicted octanol–water partition coefficient (Wildman–Crippen LogP) is 5.12. The third-order valence-electron chi connectivity index (χ3n) is 5.12. The van der Waals surface area contributed by atoms with E-state index in [9.17, 15) is 4.79 Å². The Labute approximate surface area is 190 Å². The normalized spacial score (nSPS) is 11.0. The number of aryl methyl sites for hydroxylation is 2. The molecule has 0 fully saturated rings. The molecule has 0 aliphatic rings. The second kappa shape index (κ2) is 8.89. The second-order valence-electron chi connectivity index (χ2n) is 7.68. The number of benzene rings is 2. The Balaban J connectivity index is 1.44. The number of hydrogen-bond acceptors (Lipinski definition) is 3. The van der Waals surface area contributed by atoms with Gasteiger partial charge in [-0.25, -0.2) is 0 Å². The first-order chi connectivity index (χ1) is 14.9. The van der Waals surface area contributed by atoms with Crippen LogP contribution in [0.15, 0.2) is 65.3 Å². The lowest BCUT2D eigenvalue weighted by Gasteiger charge is -2.08. The Kier molecular flexibility index (Phi) is 6.04. The van der Waals surface area contributed by atoms with Crippen molar-refractivity contribution in [2.75, 3.05) is 5.32 Å². The van der Waals surface area contributed by atoms with Gasteiger partial charge in [-0.2, -0.15) is 10.2 Å². The van der Waals surface area contributed by atoms with Crippen LogP contribution < -0.4 is 5.32 Å². The van der Waals surface area contributed by atoms with Crippen LogP contribution in [0.25, 0.3) is 0 Å². The third kappa shape index (κ3) is 4.94. The summed E-state index contributed by atoms with van der Waals surface area (Å²) in [5.41, 5.74) is 6.00. The molecular formula is C24H24BrN5O. The predicted molar refractivity (Wildman–Crippen MR) is 125 cm³/mol. The van der Waals surface area contributed by atoms with Crippen molar-refractivity contribution < 1.29 is 4.79 Å². The molecule has 0 bridgehead atoms. The van der Waals surface area contributed by atoms with Gasteiger partial charge in [0.1, 0.15) is 0 Å². The molecule has 2 aromatic carbocycles. The van der Waals surface area contributed by atoms with E-state index in [0.717, 1.165) is 21.4 Å². The smallest absolute Gasteiger partial charge is 0.256 e. The van der Waals surface area contributed by atoms with Crippen molar-refractivity contribution in [3.8, 4) is 0 Å². The van der Waals surface area contributed by atoms with Crippen LogP contribution in [0.3, 0.4) is 0 Å². The van der Waals surface area contributed by atoms with Gasteiger partial charge in [0, 0.05) is 17.8 Å². The zero-order valence-corrected chi connectivity index (χ0v) is 19.3. The number of anilines is 1. The van der Waals surface area contributed by atoms with Gasteiger partial charge in [-0.1, -0.05) is 42.0 Å². The SMILES string of the molecule is Cc1cccc(Cn2ccc(NC(=O)c3cccc(Cn4nc(C)c(Br)c4C)c3)n2)c1. The molecular weight excluding hydrogens is 454 g/mol. The summed E-state index contributed by atoms with van der Waals surface area (Å²) in [7, 11) is 0. The fraction of sp³-hybridized carbons (Fsp3) is 0.208. The number of nitrogens with zero attached hydrogens (tertiary/aromatic N) is 4. The van der Waals surface area contributed by atoms with E-state index in [1.807, 2.05) is 59.7 Å². The maximum atomic E-state index is 12.8. The fourth-order valence-corrected chi connectivity index (χ4v) is 3.80. The summed E-state index contributed by atoms with van der Waals surface area (Å²) in [6.45, 7) is 7.32. The number of hydrogen-bond donors (Lipinski definition) is 1. The largest absolute Gasteiger partial charge is 0.305 e. The molecule has 1 amide bonds. The summed E-state index contributed by atoms with van der Waals surface area (Å²) in [6.07, 6.45) is 1.87. The summed E-state index contributed by atoms with van der Waals surface area (Å²) < 4.78 is 4.77. The quantitative estimate of drug-likeness (QED) is 0.419. The van der Waals surface area contributed by atoms with Crippen LogP contribution in [0.5, 0.6) is 0 Å². The summed E-state index contributed by atoms with van der Waals surface area (Å²) in [6, 6.07) is 17.7. The van der Waals surface area contributed by atoms with Crippen molar-refractivity contribution in [1.82, 2.24) is 19.6 Å². The Morgan fingerprint density at radius 3 is 2.42 bits per heavy atom. The molecule has 0 saturated carbocycles. The van der Waals surface area contributed by atoms with Crippen molar-refractivity contribution in [1.29, 1.82) is 0 Å². The monoisotopic (exact) mass is 477 g/mol. The molecule has 2 aromatic heterocycles. The molecule has 31 heavy (non-hydrogen) atoms. The van der Waals surface area contributed by atoms with Gasteiger partial charge >= 0.3 is 0 Å². The van der Waals surface area contributed by atoms with Gasteiger partial charge in [-0.15, -0.1) is 0 Å². The summed E-state index contributed by atoms with van der Waals surface area (Å²) in [5, 5.41) is 11.9. The van der Waals surface area contributed by atoms with E-state index in [2.05, 4.69) is 56.6 Å². The van der Waals surface area contributed by atoms with E-state index in [4.69, 9.17) is 0 Å². The zero-order chi connectivity index (χ0) is 22.0. The van der Waals surface area contributed by atoms with Gasteiger partial charge in [0.25, 0.3) is 5.91 Å². The van der Waals surface area contributed by atoms with Gasteiger partial charge in [-0.05, 0) is 60.0 Å². The first-order valence-corrected chi connectivity index (χ1v) is 10.9. The number of amides is 1. The molecule has 0 unspecified atom stereocenters. The Bertz CT molecular complexity index is 1240. The number of nitrogens with one attached hydrogen (secondary N) is 1. The third-order valence-corrected chi connectivity index (χ3v) is 6.27. The molecule has 6 nitrogen and oxygen atoms in total. The van der Waals surface area contributed by atoms with E-state index >= 15 is 0 Å². The first-order valence-electron chi connectivity index (χ1n) is 10.1. The van der Waals surface area contributed by atoms with Crippen LogP contribution in [0.4, 0.5) is 5.82 Å². The van der Waals surface area contributed by atoms with Crippen molar-refractivity contribution in [3.63, 3.8) is 0 Å². The Morgan fingerprint density at radius 1 is 0.968 bits per heavy atom. The average molecular weight is 478 g/mol. The van der Waals surface area contributed by atoms with Crippen LogP contribution in [0, 0.1) is 20.8 Å². The van der Waals surface area contributed by atoms with Crippen molar-refractivity contribution in [2.45, 2.75) is 33.9 Å². The summed E-state index contributed by atoms with van der Waals surface area (Å²) >= 11 is 3.56. The highest BCUT2D eigenvalue weighted by Crippen LogP contribution is 2.21. The molecule has 0 radical (unpaired) electrons. The average Bonchev–Trinajstić information content (AvgIpc) is 3.27. The molecule has 0 aliphatic carbocycles. The number of carbonyl (C=O) groups excluding carboxylic acids is 1. The molecule has 0 atom stereocenters. The number of carbonyl (C=O) groups is 1. The van der Waals surface area contributed by atoms with E-state index in [0.29, 0.717) is 24.5 Å². The van der Waals surface area contributed by atoms with E-state index in [-0.39, 0.29) is 5.91 Å². The van der Waals surface area contributed by atoms with Gasteiger partial charge in [0.2, 0.25) is 0 Å². The maximum absolute atomic E-state index is 12.8. The van der Waals surface area contributed by atoms with Gasteiger partial charge < -0.3 is 5.32 Å². The number of halogens is 1. The van der Waals surface area contributed by atoms with Crippen LogP contribution in [0.2, 0.25) is 0 Å². The number of aromatic nitrogens is 4. The van der Waals surface area contributed by atoms with Gasteiger partial charge in [0.05, 0.1) is 29.0 Å². The summed E-state index contributed by atoms with van der Waals surface area (Å²) in [4.78, 5) is 12.8. The first kappa shape index (κ1) is 21.1. The molecule has 1 N–H and O–H groups in total. The molecule has 0 aliphatic heterocycles. The highest BCUT2D eigenvalue weighted by atomic mass is 79.9. The molecule has 7 heteroatoms. The molecule has 158 valence electrons. The second-order valence-corrected chi connectivity index (χ2v) is 8.48. The van der Waals surface area contributed by atoms with E-state index in [1.54, 1.807) is 6.07 Å². The van der Waals surface area contributed by atoms with Crippen LogP contribution in [-0.2, 0) is 13.1 Å². The standard InChI is InChI=1S/C24H24BrN5O/c1-16-6-4-7-19(12-16)14-29-11-10-22(28-29)26-24(31)21-9-5-8-20(13-21)15-30-18(3)23(25)17(2)27-30/h4-13H,14-15H2,1-3H3,(H,26,28,31). The highest BCUT2D eigenvalue weighted by molar-refractivity contribution is 9.10. The molecule has 4 aromatic rings. The van der Waals surface area contributed by atoms with Gasteiger partial charge in [0.15, 0.2) is 5.82 Å². The fourth-order valence-electron chi connectivity index (χ4n) is 3.52. The molecule has 0 saturated heterocycles. The van der Waals surface area contributed by atoms with E-state index in [1.165, 1.54) is 11.1 Å². The summed E-state index contributed by atoms with van der Waals surface area (Å²) in [5.74, 6) is 0.350. The molecule has 4 rings (SSSR count). The lowest BCUT2D eigenvalue weighted by atomic mass is 10.1. The number of rotatable bonds is 6. The molecule has 2 heterocycles. The topological polar surface area (TPSA) is 64.7 Å². The lowest BCUT2D eigenvalue weighted by Crippen LogP contribution is -2.13. The van der Waals surface area contributed by atoms with Gasteiger partial charge in [-0.3, -0.25) is 14.2 Å². The minimum absolute atomic E-state index is 0.183.